The molecule has 1 aromatic carbocycles. The molecule has 0 spiro atoms. The molecule has 0 heterocycles. The first kappa shape index (κ1) is 8.62. The highest BCUT2D eigenvalue weighted by molar-refractivity contribution is 9.50. The van der Waals surface area contributed by atoms with Gasteiger partial charge in [-0.1, -0.05) is 12.1 Å². The molecule has 0 saturated carbocycles. The predicted molar refractivity (Wildman–Crippen MR) is 48.2 cm³/mol. The van der Waals surface area contributed by atoms with E-state index < -0.39 is 5.97 Å². The van der Waals surface area contributed by atoms with E-state index in [0.29, 0.717) is 5.56 Å². The van der Waals surface area contributed by atoms with Crippen LogP contribution in [0.1, 0.15) is 10.4 Å². The van der Waals surface area contributed by atoms with Crippen LogP contribution < -0.4 is 0 Å². The number of carboxylic acids is 1. The molecule has 0 fully saturated rings. The van der Waals surface area contributed by atoms with Crippen molar-refractivity contribution in [2.75, 3.05) is 0 Å². The summed E-state index contributed by atoms with van der Waals surface area (Å²) >= 11 is 3.13. The lowest BCUT2D eigenvalue weighted by Gasteiger charge is -1.98. The Morgan fingerprint density at radius 1 is 1.45 bits per heavy atom. The lowest BCUT2D eigenvalue weighted by atomic mass is 10.2. The molecule has 0 aliphatic heterocycles. The summed E-state index contributed by atoms with van der Waals surface area (Å²) in [5.41, 5.74) is 0.328. The molecule has 0 amide bonds. The Morgan fingerprint density at radius 2 is 2.09 bits per heavy atom. The molecule has 0 aliphatic carbocycles. The summed E-state index contributed by atoms with van der Waals surface area (Å²) in [7, 11) is 1.26. The van der Waals surface area contributed by atoms with Gasteiger partial charge in [0.25, 0.3) is 0 Å². The molecule has 0 bridgehead atoms. The van der Waals surface area contributed by atoms with Gasteiger partial charge in [0.2, 0.25) is 0 Å². The van der Waals surface area contributed by atoms with Gasteiger partial charge in [0.1, 0.15) is 0 Å². The van der Waals surface area contributed by atoms with Gasteiger partial charge in [-0.05, 0) is 37.1 Å². The highest BCUT2D eigenvalue weighted by Crippen LogP contribution is 2.27. The van der Waals surface area contributed by atoms with Crippen LogP contribution in [0.4, 0.5) is 0 Å². The van der Waals surface area contributed by atoms with Crippen molar-refractivity contribution in [3.05, 3.63) is 29.8 Å². The second-order valence-corrected chi connectivity index (χ2v) is 3.44. The van der Waals surface area contributed by atoms with Crippen molar-refractivity contribution in [2.24, 2.45) is 0 Å². The van der Waals surface area contributed by atoms with Crippen molar-refractivity contribution >= 4 is 31.0 Å². The van der Waals surface area contributed by atoms with Crippen LogP contribution in [0.15, 0.2) is 29.2 Å². The van der Waals surface area contributed by atoms with E-state index >= 15 is 0 Å². The largest absolute Gasteiger partial charge is 0.478 e. The van der Waals surface area contributed by atoms with Crippen LogP contribution >= 0.6 is 25.0 Å². The minimum absolute atomic E-state index is 0.328. The summed E-state index contributed by atoms with van der Waals surface area (Å²) in [4.78, 5) is 11.3. The Labute approximate surface area is 75.8 Å². The number of aromatic carboxylic acids is 1. The molecular formula is C7H5BrO2S. The highest BCUT2D eigenvalue weighted by atomic mass is 79.9. The van der Waals surface area contributed by atoms with E-state index in [9.17, 15) is 4.79 Å². The topological polar surface area (TPSA) is 37.3 Å². The molecule has 1 aromatic rings. The van der Waals surface area contributed by atoms with Crippen LogP contribution in [0.25, 0.3) is 0 Å². The summed E-state index contributed by atoms with van der Waals surface area (Å²) < 4.78 is 0. The van der Waals surface area contributed by atoms with Crippen LogP contribution in [0.5, 0.6) is 0 Å². The van der Waals surface area contributed by atoms with E-state index in [1.807, 2.05) is 0 Å². The van der Waals surface area contributed by atoms with Gasteiger partial charge < -0.3 is 5.11 Å². The molecule has 0 atom stereocenters. The standard InChI is InChI=1S/C7H5BrO2S/c8-11-6-4-2-1-3-5(6)7(9)10/h1-4H,(H,9,10). The first-order valence-corrected chi connectivity index (χ1v) is 5.52. The van der Waals surface area contributed by atoms with Gasteiger partial charge in [-0.3, -0.25) is 0 Å². The minimum atomic E-state index is -0.896. The highest BCUT2D eigenvalue weighted by Gasteiger charge is 2.07. The van der Waals surface area contributed by atoms with Crippen molar-refractivity contribution in [2.45, 2.75) is 4.90 Å². The number of carboxylic acid groups (broad SMARTS) is 1. The van der Waals surface area contributed by atoms with Gasteiger partial charge in [-0.2, -0.15) is 0 Å². The van der Waals surface area contributed by atoms with Crippen LogP contribution in [-0.4, -0.2) is 11.1 Å². The number of hydrogen-bond acceptors (Lipinski definition) is 2. The normalized spacial score (nSPS) is 9.55. The van der Waals surface area contributed by atoms with Crippen molar-refractivity contribution in [3.63, 3.8) is 0 Å². The Morgan fingerprint density at radius 3 is 2.55 bits per heavy atom. The molecule has 0 radical (unpaired) electrons. The molecule has 0 aliphatic rings. The van der Waals surface area contributed by atoms with E-state index in [2.05, 4.69) is 14.8 Å². The third-order valence-electron chi connectivity index (χ3n) is 1.20. The Kier molecular flexibility index (Phi) is 2.96. The second-order valence-electron chi connectivity index (χ2n) is 1.88. The maximum Gasteiger partial charge on any atom is 0.336 e. The summed E-state index contributed by atoms with van der Waals surface area (Å²) in [5, 5.41) is 8.66. The summed E-state index contributed by atoms with van der Waals surface area (Å²) in [6.07, 6.45) is 0. The van der Waals surface area contributed by atoms with Crippen molar-refractivity contribution < 1.29 is 9.90 Å². The molecule has 0 unspecified atom stereocenters. The summed E-state index contributed by atoms with van der Waals surface area (Å²) in [6.45, 7) is 0. The Balaban J connectivity index is 3.12. The van der Waals surface area contributed by atoms with E-state index in [1.54, 1.807) is 24.3 Å². The van der Waals surface area contributed by atoms with Crippen LogP contribution in [0.3, 0.4) is 0 Å². The molecule has 2 nitrogen and oxygen atoms in total. The van der Waals surface area contributed by atoms with Crippen LogP contribution in [-0.2, 0) is 0 Å². The zero-order chi connectivity index (χ0) is 8.27. The van der Waals surface area contributed by atoms with Crippen LogP contribution in [0, 0.1) is 0 Å². The third-order valence-corrected chi connectivity index (χ3v) is 2.77. The molecular weight excluding hydrogens is 228 g/mol. The average Bonchev–Trinajstić information content (AvgIpc) is 2.04. The molecule has 1 N–H and O–H groups in total. The monoisotopic (exact) mass is 232 g/mol. The van der Waals surface area contributed by atoms with Crippen molar-refractivity contribution in [1.29, 1.82) is 0 Å². The van der Waals surface area contributed by atoms with E-state index in [0.717, 1.165) is 4.90 Å². The molecule has 11 heavy (non-hydrogen) atoms. The summed E-state index contributed by atoms with van der Waals surface area (Å²) in [6, 6.07) is 6.83. The van der Waals surface area contributed by atoms with Gasteiger partial charge in [0.15, 0.2) is 0 Å². The maximum absolute atomic E-state index is 10.5. The molecule has 0 saturated heterocycles. The quantitative estimate of drug-likeness (QED) is 0.853. The van der Waals surface area contributed by atoms with Gasteiger partial charge in [-0.15, -0.1) is 0 Å². The first-order chi connectivity index (χ1) is 5.25. The van der Waals surface area contributed by atoms with E-state index in [-0.39, 0.29) is 0 Å². The number of rotatable bonds is 2. The van der Waals surface area contributed by atoms with E-state index in [1.165, 1.54) is 10.2 Å². The maximum atomic E-state index is 10.5. The number of hydrogen-bond donors (Lipinski definition) is 1. The smallest absolute Gasteiger partial charge is 0.336 e. The van der Waals surface area contributed by atoms with Gasteiger partial charge >= 0.3 is 5.97 Å². The van der Waals surface area contributed by atoms with E-state index in [4.69, 9.17) is 5.11 Å². The first-order valence-electron chi connectivity index (χ1n) is 2.86. The molecule has 1 rings (SSSR count). The molecule has 0 aromatic heterocycles. The fourth-order valence-electron chi connectivity index (χ4n) is 0.711. The Bertz CT molecular complexity index is 275. The number of carbonyl (C=O) groups is 1. The minimum Gasteiger partial charge on any atom is -0.478 e. The summed E-state index contributed by atoms with van der Waals surface area (Å²) in [5.74, 6) is -0.896. The Hall–Kier alpha value is -0.480. The second kappa shape index (κ2) is 3.78. The number of halogens is 1. The SMILES string of the molecule is O=C(O)c1ccccc1SBr. The van der Waals surface area contributed by atoms with Gasteiger partial charge in [-0.25, -0.2) is 4.79 Å². The van der Waals surface area contributed by atoms with Gasteiger partial charge in [0.05, 0.1) is 5.56 Å². The average molecular weight is 233 g/mol. The van der Waals surface area contributed by atoms with Crippen LogP contribution in [0.2, 0.25) is 0 Å². The third kappa shape index (κ3) is 1.97. The van der Waals surface area contributed by atoms with Crippen molar-refractivity contribution in [3.8, 4) is 0 Å². The molecule has 4 heteroatoms. The lowest BCUT2D eigenvalue weighted by molar-refractivity contribution is 0.0693. The fourth-order valence-corrected chi connectivity index (χ4v) is 1.93. The lowest BCUT2D eigenvalue weighted by Crippen LogP contribution is -1.96. The van der Waals surface area contributed by atoms with Crippen molar-refractivity contribution in [1.82, 2.24) is 0 Å². The van der Waals surface area contributed by atoms with Gasteiger partial charge in [0, 0.05) is 4.90 Å². The fraction of sp³-hybridized carbons (Fsp3) is 0. The zero-order valence-electron chi connectivity index (χ0n) is 5.45. The molecule has 58 valence electrons. The predicted octanol–water partition coefficient (Wildman–Crippen LogP) is 2.79. The number of benzene rings is 1. The zero-order valence-corrected chi connectivity index (χ0v) is 7.85.